The fourth-order valence-electron chi connectivity index (χ4n) is 2.28. The standard InChI is InChI=1S/C13H22O4/c14-10-13(4-2-1-3-5-13)11-16-7-6-15-8-12-9-17-12/h6-7,12,14H,1-5,8-11H2. The van der Waals surface area contributed by atoms with Gasteiger partial charge in [-0.1, -0.05) is 19.3 Å². The van der Waals surface area contributed by atoms with Crippen LogP contribution in [-0.4, -0.2) is 37.6 Å². The lowest BCUT2D eigenvalue weighted by molar-refractivity contribution is 0.0145. The molecule has 4 heteroatoms. The monoisotopic (exact) mass is 242 g/mol. The van der Waals surface area contributed by atoms with Gasteiger partial charge in [-0.3, -0.25) is 0 Å². The molecule has 1 saturated carbocycles. The Kier molecular flexibility index (Phi) is 4.68. The molecule has 0 spiro atoms. The largest absolute Gasteiger partial charge is 0.497 e. The van der Waals surface area contributed by atoms with Gasteiger partial charge in [0.05, 0.1) is 19.8 Å². The summed E-state index contributed by atoms with van der Waals surface area (Å²) >= 11 is 0. The molecule has 2 aliphatic rings. The molecule has 1 heterocycles. The van der Waals surface area contributed by atoms with Crippen LogP contribution in [0, 0.1) is 5.41 Å². The summed E-state index contributed by atoms with van der Waals surface area (Å²) in [6.45, 7) is 2.22. The van der Waals surface area contributed by atoms with Crippen molar-refractivity contribution >= 4 is 0 Å². The van der Waals surface area contributed by atoms with Gasteiger partial charge in [-0.25, -0.2) is 0 Å². The first kappa shape index (κ1) is 12.7. The van der Waals surface area contributed by atoms with E-state index in [-0.39, 0.29) is 18.1 Å². The minimum Gasteiger partial charge on any atom is -0.497 e. The molecule has 0 aromatic heterocycles. The summed E-state index contributed by atoms with van der Waals surface area (Å²) in [4.78, 5) is 0. The average Bonchev–Trinajstić information content (AvgIpc) is 3.19. The van der Waals surface area contributed by atoms with E-state index in [0.29, 0.717) is 13.2 Å². The van der Waals surface area contributed by atoms with Crippen LogP contribution in [0.3, 0.4) is 0 Å². The molecule has 1 aliphatic carbocycles. The van der Waals surface area contributed by atoms with Crippen LogP contribution in [0.15, 0.2) is 12.5 Å². The lowest BCUT2D eigenvalue weighted by Gasteiger charge is -2.34. The van der Waals surface area contributed by atoms with E-state index in [1.54, 1.807) is 12.5 Å². The summed E-state index contributed by atoms with van der Waals surface area (Å²) in [5, 5.41) is 9.47. The zero-order chi connectivity index (χ0) is 12.0. The second-order valence-electron chi connectivity index (χ2n) is 5.09. The maximum absolute atomic E-state index is 9.47. The first-order valence-corrected chi connectivity index (χ1v) is 6.45. The molecule has 0 amide bonds. The molecular weight excluding hydrogens is 220 g/mol. The van der Waals surface area contributed by atoms with Crippen LogP contribution in [0.25, 0.3) is 0 Å². The number of rotatable bonds is 7. The lowest BCUT2D eigenvalue weighted by atomic mass is 9.75. The van der Waals surface area contributed by atoms with Crippen molar-refractivity contribution in [3.63, 3.8) is 0 Å². The van der Waals surface area contributed by atoms with Gasteiger partial charge in [0, 0.05) is 5.41 Å². The summed E-state index contributed by atoms with van der Waals surface area (Å²) in [6, 6.07) is 0. The molecule has 1 unspecified atom stereocenters. The minimum atomic E-state index is -0.0256. The third-order valence-electron chi connectivity index (χ3n) is 3.57. The molecule has 0 radical (unpaired) electrons. The molecule has 1 N–H and O–H groups in total. The van der Waals surface area contributed by atoms with Gasteiger partial charge in [0.15, 0.2) is 0 Å². The van der Waals surface area contributed by atoms with E-state index in [2.05, 4.69) is 0 Å². The number of epoxide rings is 1. The van der Waals surface area contributed by atoms with E-state index in [1.807, 2.05) is 0 Å². The average molecular weight is 242 g/mol. The van der Waals surface area contributed by atoms with Crippen LogP contribution < -0.4 is 0 Å². The van der Waals surface area contributed by atoms with Crippen LogP contribution in [0.1, 0.15) is 32.1 Å². The van der Waals surface area contributed by atoms with Gasteiger partial charge in [0.2, 0.25) is 0 Å². The van der Waals surface area contributed by atoms with Gasteiger partial charge in [-0.15, -0.1) is 0 Å². The Morgan fingerprint density at radius 3 is 2.53 bits per heavy atom. The number of aliphatic hydroxyl groups is 1. The van der Waals surface area contributed by atoms with Gasteiger partial charge in [-0.05, 0) is 12.8 Å². The summed E-state index contributed by atoms with van der Waals surface area (Å²) in [5.41, 5.74) is -0.0256. The van der Waals surface area contributed by atoms with Gasteiger partial charge < -0.3 is 19.3 Å². The van der Waals surface area contributed by atoms with Gasteiger partial charge in [-0.2, -0.15) is 0 Å². The summed E-state index contributed by atoms with van der Waals surface area (Å²) in [7, 11) is 0. The first-order valence-electron chi connectivity index (χ1n) is 6.45. The minimum absolute atomic E-state index is 0.0256. The Morgan fingerprint density at radius 1 is 1.18 bits per heavy atom. The molecule has 0 aromatic rings. The molecule has 1 atom stereocenters. The highest BCUT2D eigenvalue weighted by Gasteiger charge is 2.31. The fraction of sp³-hybridized carbons (Fsp3) is 0.846. The maximum atomic E-state index is 9.47. The highest BCUT2D eigenvalue weighted by Crippen LogP contribution is 2.36. The second-order valence-corrected chi connectivity index (χ2v) is 5.09. The zero-order valence-corrected chi connectivity index (χ0v) is 10.3. The Balaban J connectivity index is 1.60. The second kappa shape index (κ2) is 6.26. The van der Waals surface area contributed by atoms with Crippen molar-refractivity contribution in [2.45, 2.75) is 38.2 Å². The van der Waals surface area contributed by atoms with E-state index < -0.39 is 0 Å². The Morgan fingerprint density at radius 2 is 1.88 bits per heavy atom. The van der Waals surface area contributed by atoms with Gasteiger partial charge >= 0.3 is 0 Å². The summed E-state index contributed by atoms with van der Waals surface area (Å²) in [5.74, 6) is 0. The van der Waals surface area contributed by atoms with Crippen molar-refractivity contribution in [1.29, 1.82) is 0 Å². The Hall–Kier alpha value is -0.740. The van der Waals surface area contributed by atoms with Crippen molar-refractivity contribution in [1.82, 2.24) is 0 Å². The smallest absolute Gasteiger partial charge is 0.117 e. The quantitative estimate of drug-likeness (QED) is 0.546. The summed E-state index contributed by atoms with van der Waals surface area (Å²) in [6.07, 6.45) is 9.22. The third-order valence-corrected chi connectivity index (χ3v) is 3.57. The molecule has 98 valence electrons. The molecule has 0 bridgehead atoms. The van der Waals surface area contributed by atoms with E-state index in [9.17, 15) is 5.11 Å². The van der Waals surface area contributed by atoms with Gasteiger partial charge in [0.1, 0.15) is 25.2 Å². The molecule has 1 saturated heterocycles. The van der Waals surface area contributed by atoms with E-state index in [4.69, 9.17) is 14.2 Å². The van der Waals surface area contributed by atoms with Crippen LogP contribution in [-0.2, 0) is 14.2 Å². The Bertz CT molecular complexity index is 242. The van der Waals surface area contributed by atoms with E-state index >= 15 is 0 Å². The van der Waals surface area contributed by atoms with Gasteiger partial charge in [0.25, 0.3) is 0 Å². The van der Waals surface area contributed by atoms with Crippen molar-refractivity contribution in [3.05, 3.63) is 12.5 Å². The number of hydrogen-bond donors (Lipinski definition) is 1. The number of aliphatic hydroxyl groups excluding tert-OH is 1. The first-order chi connectivity index (χ1) is 8.35. The number of hydrogen-bond acceptors (Lipinski definition) is 4. The molecule has 2 fully saturated rings. The SMILES string of the molecule is OCC1(COC=COCC2CO2)CCCCC1. The highest BCUT2D eigenvalue weighted by molar-refractivity contribution is 4.83. The van der Waals surface area contributed by atoms with Crippen LogP contribution >= 0.6 is 0 Å². The molecule has 17 heavy (non-hydrogen) atoms. The molecule has 4 nitrogen and oxygen atoms in total. The van der Waals surface area contributed by atoms with Crippen molar-refractivity contribution in [3.8, 4) is 0 Å². The summed E-state index contributed by atoms with van der Waals surface area (Å²) < 4.78 is 15.7. The topological polar surface area (TPSA) is 51.2 Å². The molecule has 0 aromatic carbocycles. The van der Waals surface area contributed by atoms with Crippen molar-refractivity contribution in [2.24, 2.45) is 5.41 Å². The fourth-order valence-corrected chi connectivity index (χ4v) is 2.28. The van der Waals surface area contributed by atoms with E-state index in [0.717, 1.165) is 19.4 Å². The predicted octanol–water partition coefficient (Wildman–Crippen LogP) is 1.83. The maximum Gasteiger partial charge on any atom is 0.117 e. The zero-order valence-electron chi connectivity index (χ0n) is 10.3. The third kappa shape index (κ3) is 4.21. The normalized spacial score (nSPS) is 27.0. The predicted molar refractivity (Wildman–Crippen MR) is 63.4 cm³/mol. The van der Waals surface area contributed by atoms with Crippen molar-refractivity contribution < 1.29 is 19.3 Å². The Labute approximate surface area is 103 Å². The van der Waals surface area contributed by atoms with Crippen LogP contribution in [0.4, 0.5) is 0 Å². The highest BCUT2D eigenvalue weighted by atomic mass is 16.6. The van der Waals surface area contributed by atoms with Crippen molar-refractivity contribution in [2.75, 3.05) is 26.4 Å². The lowest BCUT2D eigenvalue weighted by Crippen LogP contribution is -2.32. The number of ether oxygens (including phenoxy) is 3. The van der Waals surface area contributed by atoms with Crippen LogP contribution in [0.5, 0.6) is 0 Å². The molecule has 1 aliphatic heterocycles. The van der Waals surface area contributed by atoms with E-state index in [1.165, 1.54) is 19.3 Å². The van der Waals surface area contributed by atoms with Crippen LogP contribution in [0.2, 0.25) is 0 Å². The molecular formula is C13H22O4. The molecule has 2 rings (SSSR count).